The third kappa shape index (κ3) is 2.91. The summed E-state index contributed by atoms with van der Waals surface area (Å²) in [5.74, 6) is 0. The minimum atomic E-state index is -0.00716. The van der Waals surface area contributed by atoms with E-state index in [1.165, 1.54) is 5.56 Å². The van der Waals surface area contributed by atoms with E-state index in [2.05, 4.69) is 70.4 Å². The van der Waals surface area contributed by atoms with Gasteiger partial charge in [-0.2, -0.15) is 0 Å². The van der Waals surface area contributed by atoms with Crippen molar-refractivity contribution in [2.45, 2.75) is 25.9 Å². The Morgan fingerprint density at radius 2 is 1.92 bits per heavy atom. The third-order valence-electron chi connectivity index (χ3n) is 4.55. The molecule has 4 rings (SSSR count). The molecule has 0 unspecified atom stereocenters. The number of H-pyrrole nitrogens is 1. The Balaban J connectivity index is 1.83. The molecule has 1 aromatic carbocycles. The molecule has 1 aliphatic heterocycles. The second kappa shape index (κ2) is 6.33. The van der Waals surface area contributed by atoms with Crippen molar-refractivity contribution < 1.29 is 0 Å². The van der Waals surface area contributed by atoms with E-state index in [0.29, 0.717) is 0 Å². The summed E-state index contributed by atoms with van der Waals surface area (Å²) in [4.78, 5) is 10.2. The van der Waals surface area contributed by atoms with Gasteiger partial charge in [-0.15, -0.1) is 0 Å². The largest absolute Gasteiger partial charge is 0.361 e. The molecule has 0 amide bonds. The van der Waals surface area contributed by atoms with Crippen LogP contribution in [0.15, 0.2) is 60.8 Å². The molecule has 0 saturated carbocycles. The number of benzene rings is 1. The predicted octanol–water partition coefficient (Wildman–Crippen LogP) is 4.20. The van der Waals surface area contributed by atoms with Gasteiger partial charge in [0.05, 0.1) is 11.7 Å². The number of hydrogen-bond acceptors (Lipinski definition) is 2. The first kappa shape index (κ1) is 15.8. The maximum Gasteiger partial charge on any atom is 0.174 e. The van der Waals surface area contributed by atoms with Crippen molar-refractivity contribution in [3.63, 3.8) is 0 Å². The fourth-order valence-electron chi connectivity index (χ4n) is 3.43. The van der Waals surface area contributed by atoms with Gasteiger partial charge in [-0.1, -0.05) is 18.2 Å². The molecule has 25 heavy (non-hydrogen) atoms. The SMILES string of the molecule is Cc1cccc(N2C(=S)N[C@@H](c3ccccn3)[C@H]2c2ccc(C)[nH]2)c1. The minimum absolute atomic E-state index is 0.00716. The molecule has 1 saturated heterocycles. The lowest BCUT2D eigenvalue weighted by atomic mass is 10.0. The van der Waals surface area contributed by atoms with Crippen LogP contribution in [0.2, 0.25) is 0 Å². The Bertz CT molecular complexity index is 903. The van der Waals surface area contributed by atoms with Crippen LogP contribution in [0.4, 0.5) is 5.69 Å². The summed E-state index contributed by atoms with van der Waals surface area (Å²) in [6, 6.07) is 18.7. The van der Waals surface area contributed by atoms with Crippen molar-refractivity contribution in [3.05, 3.63) is 83.4 Å². The van der Waals surface area contributed by atoms with Gasteiger partial charge in [-0.05, 0) is 68.0 Å². The summed E-state index contributed by atoms with van der Waals surface area (Å²) >= 11 is 5.70. The molecule has 126 valence electrons. The Hall–Kier alpha value is -2.66. The quantitative estimate of drug-likeness (QED) is 0.696. The van der Waals surface area contributed by atoms with Gasteiger partial charge < -0.3 is 15.2 Å². The van der Waals surface area contributed by atoms with Crippen LogP contribution in [0.3, 0.4) is 0 Å². The van der Waals surface area contributed by atoms with Crippen LogP contribution in [0, 0.1) is 13.8 Å². The highest BCUT2D eigenvalue weighted by Gasteiger charge is 2.41. The molecular formula is C20H20N4S. The standard InChI is InChI=1S/C20H20N4S/c1-13-6-5-7-15(12-13)24-19(17-10-9-14(2)22-17)18(23-20(24)25)16-8-3-4-11-21-16/h3-12,18-19,22H,1-2H3,(H,23,25)/t18-,19+/m0/s1. The van der Waals surface area contributed by atoms with Crippen LogP contribution in [-0.2, 0) is 0 Å². The Morgan fingerprint density at radius 3 is 2.60 bits per heavy atom. The molecule has 2 atom stereocenters. The van der Waals surface area contributed by atoms with Crippen LogP contribution < -0.4 is 10.2 Å². The predicted molar refractivity (Wildman–Crippen MR) is 105 cm³/mol. The molecule has 3 aromatic rings. The fraction of sp³-hybridized carbons (Fsp3) is 0.200. The van der Waals surface area contributed by atoms with E-state index in [4.69, 9.17) is 12.2 Å². The summed E-state index contributed by atoms with van der Waals surface area (Å²) in [7, 11) is 0. The molecule has 1 fully saturated rings. The number of hydrogen-bond donors (Lipinski definition) is 2. The summed E-state index contributed by atoms with van der Waals surface area (Å²) < 4.78 is 0. The van der Waals surface area contributed by atoms with Gasteiger partial charge in [0, 0.05) is 23.3 Å². The molecule has 5 heteroatoms. The number of aryl methyl sites for hydroxylation is 2. The van der Waals surface area contributed by atoms with E-state index < -0.39 is 0 Å². The zero-order valence-corrected chi connectivity index (χ0v) is 15.0. The van der Waals surface area contributed by atoms with Gasteiger partial charge in [0.2, 0.25) is 0 Å². The van der Waals surface area contributed by atoms with Gasteiger partial charge in [0.15, 0.2) is 5.11 Å². The van der Waals surface area contributed by atoms with Gasteiger partial charge >= 0.3 is 0 Å². The van der Waals surface area contributed by atoms with E-state index in [1.807, 2.05) is 24.4 Å². The lowest BCUT2D eigenvalue weighted by Gasteiger charge is -2.27. The number of rotatable bonds is 3. The van der Waals surface area contributed by atoms with E-state index in [1.54, 1.807) is 0 Å². The molecule has 0 spiro atoms. The van der Waals surface area contributed by atoms with Gasteiger partial charge in [-0.3, -0.25) is 4.98 Å². The molecule has 2 N–H and O–H groups in total. The molecule has 4 nitrogen and oxygen atoms in total. The van der Waals surface area contributed by atoms with Crippen molar-refractivity contribution in [2.24, 2.45) is 0 Å². The summed E-state index contributed by atoms with van der Waals surface area (Å²) in [6.45, 7) is 4.16. The molecule has 1 aliphatic rings. The number of aromatic amines is 1. The van der Waals surface area contributed by atoms with Crippen LogP contribution >= 0.6 is 12.2 Å². The van der Waals surface area contributed by atoms with Crippen LogP contribution in [0.5, 0.6) is 0 Å². The van der Waals surface area contributed by atoms with Gasteiger partial charge in [0.25, 0.3) is 0 Å². The normalized spacial score (nSPS) is 19.9. The highest BCUT2D eigenvalue weighted by molar-refractivity contribution is 7.80. The minimum Gasteiger partial charge on any atom is -0.361 e. The van der Waals surface area contributed by atoms with Crippen molar-refractivity contribution in [2.75, 3.05) is 4.90 Å². The fourth-order valence-corrected chi connectivity index (χ4v) is 3.77. The summed E-state index contributed by atoms with van der Waals surface area (Å²) in [5, 5.41) is 4.19. The number of anilines is 1. The van der Waals surface area contributed by atoms with Gasteiger partial charge in [-0.25, -0.2) is 0 Å². The first-order chi connectivity index (χ1) is 12.1. The third-order valence-corrected chi connectivity index (χ3v) is 4.87. The number of nitrogens with zero attached hydrogens (tertiary/aromatic N) is 2. The highest BCUT2D eigenvalue weighted by atomic mass is 32.1. The molecule has 0 aliphatic carbocycles. The monoisotopic (exact) mass is 348 g/mol. The number of aromatic nitrogens is 2. The molecule has 0 radical (unpaired) electrons. The number of nitrogens with one attached hydrogen (secondary N) is 2. The average molecular weight is 348 g/mol. The highest BCUT2D eigenvalue weighted by Crippen LogP contribution is 2.41. The van der Waals surface area contributed by atoms with E-state index in [-0.39, 0.29) is 12.1 Å². The number of pyridine rings is 1. The van der Waals surface area contributed by atoms with Gasteiger partial charge in [0.1, 0.15) is 6.04 Å². The van der Waals surface area contributed by atoms with Crippen molar-refractivity contribution >= 4 is 23.0 Å². The van der Waals surface area contributed by atoms with E-state index >= 15 is 0 Å². The smallest absolute Gasteiger partial charge is 0.174 e. The summed E-state index contributed by atoms with van der Waals surface area (Å²) in [6.07, 6.45) is 1.83. The van der Waals surface area contributed by atoms with Crippen molar-refractivity contribution in [1.82, 2.24) is 15.3 Å². The Morgan fingerprint density at radius 1 is 1.04 bits per heavy atom. The lowest BCUT2D eigenvalue weighted by molar-refractivity contribution is 0.558. The van der Waals surface area contributed by atoms with E-state index in [9.17, 15) is 0 Å². The molecule has 2 aromatic heterocycles. The second-order valence-corrected chi connectivity index (χ2v) is 6.82. The Kier molecular flexibility index (Phi) is 4.01. The first-order valence-corrected chi connectivity index (χ1v) is 8.77. The van der Waals surface area contributed by atoms with Crippen molar-refractivity contribution in [1.29, 1.82) is 0 Å². The molecule has 3 heterocycles. The number of thiocarbonyl (C=S) groups is 1. The maximum absolute atomic E-state index is 5.70. The van der Waals surface area contributed by atoms with E-state index in [0.717, 1.165) is 27.9 Å². The van der Waals surface area contributed by atoms with Crippen LogP contribution in [-0.4, -0.2) is 15.1 Å². The zero-order chi connectivity index (χ0) is 17.4. The zero-order valence-electron chi connectivity index (χ0n) is 14.2. The Labute approximate surface area is 152 Å². The van der Waals surface area contributed by atoms with Crippen LogP contribution in [0.25, 0.3) is 0 Å². The lowest BCUT2D eigenvalue weighted by Crippen LogP contribution is -2.29. The van der Waals surface area contributed by atoms with Crippen molar-refractivity contribution in [3.8, 4) is 0 Å². The average Bonchev–Trinajstić information content (AvgIpc) is 3.18. The van der Waals surface area contributed by atoms with Crippen LogP contribution in [0.1, 0.15) is 34.7 Å². The summed E-state index contributed by atoms with van der Waals surface area (Å²) in [5.41, 5.74) is 5.55. The maximum atomic E-state index is 5.70. The topological polar surface area (TPSA) is 44.0 Å². The molecule has 0 bridgehead atoms. The first-order valence-electron chi connectivity index (χ1n) is 8.36. The second-order valence-electron chi connectivity index (χ2n) is 6.43. The molecular weight excluding hydrogens is 328 g/mol.